The van der Waals surface area contributed by atoms with Crippen molar-refractivity contribution >= 4 is 0 Å². The number of hydrogen-bond donors (Lipinski definition) is 1. The van der Waals surface area contributed by atoms with E-state index in [4.69, 9.17) is 9.47 Å². The molecule has 112 valence electrons. The largest absolute Gasteiger partial charge is 0.496 e. The number of aliphatic hydroxyl groups is 1. The van der Waals surface area contributed by atoms with Crippen LogP contribution in [-0.2, 0) is 0 Å². The van der Waals surface area contributed by atoms with Crippen molar-refractivity contribution in [2.24, 2.45) is 0 Å². The van der Waals surface area contributed by atoms with Gasteiger partial charge in [-0.05, 0) is 30.7 Å². The Morgan fingerprint density at radius 1 is 1.00 bits per heavy atom. The predicted octanol–water partition coefficient (Wildman–Crippen LogP) is 3.37. The first-order chi connectivity index (χ1) is 9.99. The monoisotopic (exact) mass is 294 g/mol. The van der Waals surface area contributed by atoms with Crippen LogP contribution in [0.1, 0.15) is 22.8 Å². The summed E-state index contributed by atoms with van der Waals surface area (Å²) in [7, 11) is 2.88. The van der Waals surface area contributed by atoms with E-state index >= 15 is 0 Å². The van der Waals surface area contributed by atoms with Crippen molar-refractivity contribution in [2.75, 3.05) is 14.2 Å². The summed E-state index contributed by atoms with van der Waals surface area (Å²) in [4.78, 5) is 0. The van der Waals surface area contributed by atoms with Gasteiger partial charge in [-0.15, -0.1) is 0 Å². The van der Waals surface area contributed by atoms with Gasteiger partial charge >= 0.3 is 0 Å². The molecule has 0 bridgehead atoms. The quantitative estimate of drug-likeness (QED) is 0.939. The molecule has 0 saturated carbocycles. The highest BCUT2D eigenvalue weighted by Gasteiger charge is 2.24. The van der Waals surface area contributed by atoms with Crippen LogP contribution < -0.4 is 9.47 Å². The minimum atomic E-state index is -1.32. The third kappa shape index (κ3) is 2.83. The molecule has 2 aromatic carbocycles. The van der Waals surface area contributed by atoms with E-state index in [0.29, 0.717) is 17.1 Å². The summed E-state index contributed by atoms with van der Waals surface area (Å²) >= 11 is 0. The third-order valence-corrected chi connectivity index (χ3v) is 3.31. The molecule has 0 fully saturated rings. The van der Waals surface area contributed by atoms with Crippen molar-refractivity contribution in [2.45, 2.75) is 13.0 Å². The van der Waals surface area contributed by atoms with Crippen LogP contribution >= 0.6 is 0 Å². The second-order valence-corrected chi connectivity index (χ2v) is 4.60. The molecule has 0 saturated heterocycles. The Hall–Kier alpha value is -2.14. The number of aryl methyl sites for hydroxylation is 1. The first kappa shape index (κ1) is 15.3. The Morgan fingerprint density at radius 3 is 2.10 bits per heavy atom. The average Bonchev–Trinajstić information content (AvgIpc) is 2.49. The summed E-state index contributed by atoms with van der Waals surface area (Å²) in [6.07, 6.45) is -1.32. The number of methoxy groups -OCH3 is 2. The van der Waals surface area contributed by atoms with Crippen molar-refractivity contribution in [3.63, 3.8) is 0 Å². The lowest BCUT2D eigenvalue weighted by molar-refractivity contribution is 0.203. The van der Waals surface area contributed by atoms with E-state index in [9.17, 15) is 13.9 Å². The molecule has 2 rings (SSSR count). The van der Waals surface area contributed by atoms with Gasteiger partial charge in [-0.1, -0.05) is 6.07 Å². The molecule has 0 aliphatic carbocycles. The normalized spacial score (nSPS) is 12.1. The summed E-state index contributed by atoms with van der Waals surface area (Å²) in [6.45, 7) is 1.50. The van der Waals surface area contributed by atoms with Crippen LogP contribution in [0.5, 0.6) is 11.5 Å². The highest BCUT2D eigenvalue weighted by atomic mass is 19.1. The van der Waals surface area contributed by atoms with Crippen molar-refractivity contribution in [3.05, 3.63) is 58.7 Å². The van der Waals surface area contributed by atoms with Crippen molar-refractivity contribution in [3.8, 4) is 11.5 Å². The van der Waals surface area contributed by atoms with Gasteiger partial charge in [0.25, 0.3) is 0 Å². The van der Waals surface area contributed by atoms with E-state index in [-0.39, 0.29) is 11.1 Å². The van der Waals surface area contributed by atoms with E-state index in [1.54, 1.807) is 18.2 Å². The molecule has 3 nitrogen and oxygen atoms in total. The lowest BCUT2D eigenvalue weighted by atomic mass is 9.97. The molecule has 1 unspecified atom stereocenters. The summed E-state index contributed by atoms with van der Waals surface area (Å²) in [5.74, 6) is -0.750. The molecule has 0 aliphatic rings. The molecule has 2 aromatic rings. The van der Waals surface area contributed by atoms with Gasteiger partial charge in [0.2, 0.25) is 0 Å². The lowest BCUT2D eigenvalue weighted by Crippen LogP contribution is -2.08. The van der Waals surface area contributed by atoms with Gasteiger partial charge in [-0.3, -0.25) is 0 Å². The second kappa shape index (κ2) is 6.10. The molecule has 0 aliphatic heterocycles. The smallest absolute Gasteiger partial charge is 0.132 e. The van der Waals surface area contributed by atoms with Crippen LogP contribution in [0, 0.1) is 18.6 Å². The minimum Gasteiger partial charge on any atom is -0.496 e. The fraction of sp³-hybridized carbons (Fsp3) is 0.250. The molecule has 1 N–H and O–H groups in total. The predicted molar refractivity (Wildman–Crippen MR) is 74.7 cm³/mol. The van der Waals surface area contributed by atoms with Crippen LogP contribution in [0.4, 0.5) is 8.78 Å². The fourth-order valence-corrected chi connectivity index (χ4v) is 2.19. The number of aliphatic hydroxyl groups excluding tert-OH is 1. The number of hydrogen-bond acceptors (Lipinski definition) is 3. The SMILES string of the molecule is COc1cccc(OC)c1C(O)c1cc(C)c(F)cc1F. The molecular weight excluding hydrogens is 278 g/mol. The molecule has 0 amide bonds. The summed E-state index contributed by atoms with van der Waals surface area (Å²) < 4.78 is 37.7. The maximum absolute atomic E-state index is 14.0. The number of ether oxygens (including phenoxy) is 2. The molecule has 0 spiro atoms. The molecule has 0 heterocycles. The van der Waals surface area contributed by atoms with E-state index in [0.717, 1.165) is 6.07 Å². The highest BCUT2D eigenvalue weighted by Crippen LogP contribution is 2.38. The van der Waals surface area contributed by atoms with E-state index in [1.807, 2.05) is 0 Å². The van der Waals surface area contributed by atoms with Crippen LogP contribution in [-0.4, -0.2) is 19.3 Å². The summed E-state index contributed by atoms with van der Waals surface area (Å²) in [5.41, 5.74) is 0.517. The topological polar surface area (TPSA) is 38.7 Å². The Bertz CT molecular complexity index is 634. The number of rotatable bonds is 4. The minimum absolute atomic E-state index is 0.0308. The van der Waals surface area contributed by atoms with Gasteiger partial charge in [0.05, 0.1) is 19.8 Å². The Labute approximate surface area is 121 Å². The van der Waals surface area contributed by atoms with Crippen LogP contribution in [0.15, 0.2) is 30.3 Å². The van der Waals surface area contributed by atoms with Crippen LogP contribution in [0.2, 0.25) is 0 Å². The van der Waals surface area contributed by atoms with E-state index < -0.39 is 17.7 Å². The standard InChI is InChI=1S/C16H16F2O3/c1-9-7-10(12(18)8-11(9)17)16(19)15-13(20-2)5-4-6-14(15)21-3/h4-8,16,19H,1-3H3. The Kier molecular flexibility index (Phi) is 4.43. The molecular formula is C16H16F2O3. The summed E-state index contributed by atoms with van der Waals surface area (Å²) in [6, 6.07) is 7.00. The maximum Gasteiger partial charge on any atom is 0.132 e. The zero-order valence-electron chi connectivity index (χ0n) is 12.0. The van der Waals surface area contributed by atoms with E-state index in [1.165, 1.54) is 27.2 Å². The van der Waals surface area contributed by atoms with Gasteiger partial charge < -0.3 is 14.6 Å². The maximum atomic E-state index is 14.0. The first-order valence-electron chi connectivity index (χ1n) is 6.34. The van der Waals surface area contributed by atoms with Crippen molar-refractivity contribution < 1.29 is 23.4 Å². The van der Waals surface area contributed by atoms with Crippen molar-refractivity contribution in [1.29, 1.82) is 0 Å². The van der Waals surface area contributed by atoms with Gasteiger partial charge in [0, 0.05) is 11.6 Å². The number of benzene rings is 2. The molecule has 1 atom stereocenters. The van der Waals surface area contributed by atoms with E-state index in [2.05, 4.69) is 0 Å². The van der Waals surface area contributed by atoms with Gasteiger partial charge in [0.15, 0.2) is 0 Å². The average molecular weight is 294 g/mol. The van der Waals surface area contributed by atoms with Gasteiger partial charge in [-0.2, -0.15) is 0 Å². The fourth-order valence-electron chi connectivity index (χ4n) is 2.19. The Balaban J connectivity index is 2.59. The first-order valence-corrected chi connectivity index (χ1v) is 6.34. The molecule has 21 heavy (non-hydrogen) atoms. The highest BCUT2D eigenvalue weighted by molar-refractivity contribution is 5.50. The van der Waals surface area contributed by atoms with Crippen LogP contribution in [0.3, 0.4) is 0 Å². The van der Waals surface area contributed by atoms with Gasteiger partial charge in [0.1, 0.15) is 29.2 Å². The van der Waals surface area contributed by atoms with Gasteiger partial charge in [-0.25, -0.2) is 8.78 Å². The molecule has 0 aromatic heterocycles. The lowest BCUT2D eigenvalue weighted by Gasteiger charge is -2.19. The zero-order valence-corrected chi connectivity index (χ0v) is 12.0. The van der Waals surface area contributed by atoms with Crippen LogP contribution in [0.25, 0.3) is 0 Å². The van der Waals surface area contributed by atoms with Crippen molar-refractivity contribution in [1.82, 2.24) is 0 Å². The zero-order chi connectivity index (χ0) is 15.6. The Morgan fingerprint density at radius 2 is 1.57 bits per heavy atom. The molecule has 5 heteroatoms. The summed E-state index contributed by atoms with van der Waals surface area (Å²) in [5, 5.41) is 10.5. The third-order valence-electron chi connectivity index (χ3n) is 3.31. The second-order valence-electron chi connectivity index (χ2n) is 4.60. The molecule has 0 radical (unpaired) electrons. The number of halogens is 2.